The van der Waals surface area contributed by atoms with Crippen molar-refractivity contribution < 1.29 is 4.79 Å². The molecule has 1 amide bonds. The van der Waals surface area contributed by atoms with E-state index in [9.17, 15) is 15.3 Å². The zero-order valence-electron chi connectivity index (χ0n) is 11.7. The number of allylic oxidation sites excluding steroid dienone is 1. The minimum Gasteiger partial charge on any atom is -0.317 e. The lowest BCUT2D eigenvalue weighted by Gasteiger charge is -2.47. The molecule has 0 aliphatic carbocycles. The maximum absolute atomic E-state index is 12.6. The van der Waals surface area contributed by atoms with E-state index in [2.05, 4.69) is 30.1 Å². The van der Waals surface area contributed by atoms with Crippen molar-refractivity contribution in [2.45, 2.75) is 32.7 Å². The largest absolute Gasteiger partial charge is 0.317 e. The van der Waals surface area contributed by atoms with Gasteiger partial charge in [-0.25, -0.2) is 0 Å². The minimum absolute atomic E-state index is 0.117. The van der Waals surface area contributed by atoms with E-state index >= 15 is 0 Å². The third kappa shape index (κ3) is 2.00. The molecule has 0 radical (unpaired) electrons. The first-order valence-electron chi connectivity index (χ1n) is 6.77. The predicted molar refractivity (Wildman–Crippen MR) is 77.2 cm³/mol. The second kappa shape index (κ2) is 5.47. The highest BCUT2D eigenvalue weighted by molar-refractivity contribution is 7.84. The van der Waals surface area contributed by atoms with Gasteiger partial charge >= 0.3 is 0 Å². The molecule has 2 heterocycles. The van der Waals surface area contributed by atoms with Crippen molar-refractivity contribution >= 4 is 18.5 Å². The molecule has 0 unspecified atom stereocenters. The van der Waals surface area contributed by atoms with Crippen LogP contribution in [0.2, 0.25) is 0 Å². The zero-order chi connectivity index (χ0) is 14.9. The van der Waals surface area contributed by atoms with Gasteiger partial charge in [-0.15, -0.1) is 12.6 Å². The third-order valence-corrected chi connectivity index (χ3v) is 4.68. The van der Waals surface area contributed by atoms with Crippen LogP contribution < -0.4 is 5.32 Å². The van der Waals surface area contributed by atoms with Crippen molar-refractivity contribution in [3.05, 3.63) is 10.6 Å². The monoisotopic (exact) mass is 290 g/mol. The van der Waals surface area contributed by atoms with Crippen LogP contribution in [0.3, 0.4) is 0 Å². The number of amides is 1. The topological polar surface area (TPSA) is 79.9 Å². The normalized spacial score (nSPS) is 25.8. The van der Waals surface area contributed by atoms with E-state index in [1.165, 1.54) is 4.90 Å². The maximum Gasteiger partial charge on any atom is 0.245 e. The highest BCUT2D eigenvalue weighted by Gasteiger charge is 2.53. The number of nitriles is 2. The summed E-state index contributed by atoms with van der Waals surface area (Å²) in [6.07, 6.45) is 1.24. The fourth-order valence-electron chi connectivity index (χ4n) is 3.22. The molecule has 6 heteroatoms. The summed E-state index contributed by atoms with van der Waals surface area (Å²) in [5, 5.41) is 22.7. The Kier molecular flexibility index (Phi) is 4.08. The smallest absolute Gasteiger partial charge is 0.245 e. The first kappa shape index (κ1) is 14.9. The van der Waals surface area contributed by atoms with Crippen LogP contribution in [0.5, 0.6) is 0 Å². The Morgan fingerprint density at radius 2 is 2.00 bits per heavy atom. The molecular weight excluding hydrogens is 272 g/mol. The van der Waals surface area contributed by atoms with Crippen molar-refractivity contribution in [2.24, 2.45) is 11.3 Å². The number of nitrogens with zero attached hydrogens (tertiary/aromatic N) is 3. The average molecular weight is 290 g/mol. The second-order valence-corrected chi connectivity index (χ2v) is 6.00. The molecule has 1 saturated heterocycles. The molecule has 106 valence electrons. The Morgan fingerprint density at radius 3 is 2.45 bits per heavy atom. The van der Waals surface area contributed by atoms with Gasteiger partial charge in [0.25, 0.3) is 0 Å². The molecule has 1 fully saturated rings. The van der Waals surface area contributed by atoms with Crippen molar-refractivity contribution in [1.29, 1.82) is 10.5 Å². The summed E-state index contributed by atoms with van der Waals surface area (Å²) in [5.74, 6) is -1.02. The molecule has 2 aliphatic heterocycles. The van der Waals surface area contributed by atoms with Crippen LogP contribution in [-0.2, 0) is 4.79 Å². The zero-order valence-corrected chi connectivity index (χ0v) is 12.6. The van der Waals surface area contributed by atoms with Gasteiger partial charge in [-0.2, -0.15) is 10.5 Å². The van der Waals surface area contributed by atoms with Crippen LogP contribution in [0.25, 0.3) is 0 Å². The van der Waals surface area contributed by atoms with Gasteiger partial charge in [0.2, 0.25) is 5.91 Å². The summed E-state index contributed by atoms with van der Waals surface area (Å²) < 4.78 is 0. The van der Waals surface area contributed by atoms with Gasteiger partial charge in [0.05, 0.1) is 22.7 Å². The number of hydrogen-bond donors (Lipinski definition) is 2. The van der Waals surface area contributed by atoms with E-state index in [1.54, 1.807) is 0 Å². The second-order valence-electron chi connectivity index (χ2n) is 5.58. The lowest BCUT2D eigenvalue weighted by atomic mass is 9.63. The van der Waals surface area contributed by atoms with E-state index in [0.29, 0.717) is 36.5 Å². The fraction of sp³-hybridized carbons (Fsp3) is 0.643. The van der Waals surface area contributed by atoms with Crippen LogP contribution in [0.4, 0.5) is 0 Å². The Hall–Kier alpha value is -1.50. The van der Waals surface area contributed by atoms with Gasteiger partial charge in [-0.3, -0.25) is 4.79 Å². The maximum atomic E-state index is 12.6. The fourth-order valence-corrected chi connectivity index (χ4v) is 3.82. The van der Waals surface area contributed by atoms with Gasteiger partial charge in [-0.05, 0) is 39.8 Å². The Labute approximate surface area is 124 Å². The number of hydrogen-bond acceptors (Lipinski definition) is 5. The number of thiol groups is 1. The number of carbonyl (C=O) groups excluding carboxylic acids is 1. The van der Waals surface area contributed by atoms with Crippen molar-refractivity contribution in [1.82, 2.24) is 10.2 Å². The molecule has 20 heavy (non-hydrogen) atoms. The Bertz CT molecular complexity index is 534. The van der Waals surface area contributed by atoms with Crippen LogP contribution in [0, 0.1) is 34.0 Å². The molecule has 0 bridgehead atoms. The lowest BCUT2D eigenvalue weighted by molar-refractivity contribution is -0.138. The number of rotatable bonds is 1. The van der Waals surface area contributed by atoms with Gasteiger partial charge in [0.1, 0.15) is 5.92 Å². The first-order valence-corrected chi connectivity index (χ1v) is 7.21. The summed E-state index contributed by atoms with van der Waals surface area (Å²) in [4.78, 5) is 14.1. The van der Waals surface area contributed by atoms with Crippen molar-refractivity contribution in [2.75, 3.05) is 13.1 Å². The molecule has 2 rings (SSSR count). The summed E-state index contributed by atoms with van der Waals surface area (Å²) in [6.45, 7) is 5.13. The molecule has 1 N–H and O–H groups in total. The summed E-state index contributed by atoms with van der Waals surface area (Å²) in [6, 6.07) is 4.24. The summed E-state index contributed by atoms with van der Waals surface area (Å²) >= 11 is 4.43. The van der Waals surface area contributed by atoms with E-state index in [4.69, 9.17) is 0 Å². The minimum atomic E-state index is -0.794. The molecule has 1 spiro atoms. The average Bonchev–Trinajstić information content (AvgIpc) is 2.40. The molecule has 0 saturated carbocycles. The van der Waals surface area contributed by atoms with Gasteiger partial charge in [0.15, 0.2) is 0 Å². The third-order valence-electron chi connectivity index (χ3n) is 4.24. The highest BCUT2D eigenvalue weighted by atomic mass is 32.1. The molecule has 1 atom stereocenters. The van der Waals surface area contributed by atoms with E-state index in [1.807, 2.05) is 13.8 Å². The van der Waals surface area contributed by atoms with E-state index < -0.39 is 11.3 Å². The Morgan fingerprint density at radius 1 is 1.40 bits per heavy atom. The van der Waals surface area contributed by atoms with Gasteiger partial charge in [-0.1, -0.05) is 0 Å². The molecule has 0 aromatic carbocycles. The molecule has 0 aromatic heterocycles. The van der Waals surface area contributed by atoms with Crippen LogP contribution >= 0.6 is 12.6 Å². The van der Waals surface area contributed by atoms with Crippen LogP contribution in [0.1, 0.15) is 26.7 Å². The van der Waals surface area contributed by atoms with E-state index in [-0.39, 0.29) is 11.9 Å². The van der Waals surface area contributed by atoms with Gasteiger partial charge < -0.3 is 10.2 Å². The standard InChI is InChI=1S/C14H18N4OS/c1-9(2)18-12(19)10(7-15)14(3-5-17-6-4-14)11(8-16)13(18)20/h9-10,17,20H,3-6H2,1-2H3/t10-/m0/s1. The lowest BCUT2D eigenvalue weighted by Crippen LogP contribution is -2.54. The van der Waals surface area contributed by atoms with Crippen LogP contribution in [-0.4, -0.2) is 29.9 Å². The quantitative estimate of drug-likeness (QED) is 0.716. The van der Waals surface area contributed by atoms with Crippen molar-refractivity contribution in [3.63, 3.8) is 0 Å². The Balaban J connectivity index is 2.64. The number of piperidine rings is 1. The number of nitrogens with one attached hydrogen (secondary N) is 1. The highest BCUT2D eigenvalue weighted by Crippen LogP contribution is 2.50. The van der Waals surface area contributed by atoms with Crippen LogP contribution in [0.15, 0.2) is 10.6 Å². The first-order chi connectivity index (χ1) is 9.49. The number of carbonyl (C=O) groups is 1. The molecule has 0 aromatic rings. The van der Waals surface area contributed by atoms with E-state index in [0.717, 1.165) is 0 Å². The van der Waals surface area contributed by atoms with Crippen molar-refractivity contribution in [3.8, 4) is 12.1 Å². The molecule has 5 nitrogen and oxygen atoms in total. The summed E-state index contributed by atoms with van der Waals surface area (Å²) in [5.41, 5.74) is -0.184. The molecular formula is C14H18N4OS. The SMILES string of the molecule is CC(C)N1C(=O)[C@H](C#N)C2(CCNCC2)C(C#N)=C1S. The van der Waals surface area contributed by atoms with Gasteiger partial charge in [0, 0.05) is 11.5 Å². The molecule has 2 aliphatic rings. The summed E-state index contributed by atoms with van der Waals surface area (Å²) in [7, 11) is 0. The predicted octanol–water partition coefficient (Wildman–Crippen LogP) is 1.41.